The van der Waals surface area contributed by atoms with Crippen molar-refractivity contribution < 1.29 is 33.4 Å². The highest BCUT2D eigenvalue weighted by atomic mass is 16.5. The number of aromatic nitrogens is 4. The summed E-state index contributed by atoms with van der Waals surface area (Å²) in [6.07, 6.45) is 6.44. The van der Waals surface area contributed by atoms with Crippen LogP contribution in [0.4, 0.5) is 9.59 Å². The van der Waals surface area contributed by atoms with Crippen LogP contribution in [0.2, 0.25) is 0 Å². The Labute approximate surface area is 372 Å². The van der Waals surface area contributed by atoms with E-state index in [4.69, 9.17) is 24.2 Å². The number of benzene rings is 3. The molecule has 0 spiro atoms. The molecule has 64 heavy (non-hydrogen) atoms. The fourth-order valence-corrected chi connectivity index (χ4v) is 10.6. The molecule has 4 N–H and O–H groups in total. The van der Waals surface area contributed by atoms with Gasteiger partial charge in [0.2, 0.25) is 11.8 Å². The largest absolute Gasteiger partial charge is 0.453 e. The van der Waals surface area contributed by atoms with Crippen LogP contribution in [0, 0.1) is 29.6 Å². The lowest BCUT2D eigenvalue weighted by Crippen LogP contribution is -2.55. The lowest BCUT2D eigenvalue weighted by Gasteiger charge is -2.39. The summed E-state index contributed by atoms with van der Waals surface area (Å²) in [6, 6.07) is 14.9. The molecule has 9 rings (SSSR count). The lowest BCUT2D eigenvalue weighted by molar-refractivity contribution is -0.140. The molecule has 0 radical (unpaired) electrons. The summed E-state index contributed by atoms with van der Waals surface area (Å²) in [4.78, 5) is 73.7. The Morgan fingerprint density at radius 3 is 2.42 bits per heavy atom. The van der Waals surface area contributed by atoms with Crippen LogP contribution in [0.3, 0.4) is 0 Å². The van der Waals surface area contributed by atoms with Gasteiger partial charge in [-0.15, -0.1) is 5.92 Å². The number of fused-ring (bicyclic) bond motifs is 5. The number of H-pyrrole nitrogens is 2. The molecule has 334 valence electrons. The van der Waals surface area contributed by atoms with Gasteiger partial charge in [0.15, 0.2) is 0 Å². The highest BCUT2D eigenvalue weighted by Gasteiger charge is 2.52. The fraction of sp³-hybridized carbons (Fsp3) is 0.469. The molecule has 5 heterocycles. The van der Waals surface area contributed by atoms with Crippen molar-refractivity contribution in [2.45, 2.75) is 95.9 Å². The molecule has 1 aliphatic carbocycles. The lowest BCUT2D eigenvalue weighted by atomic mass is 9.89. The molecule has 6 atom stereocenters. The van der Waals surface area contributed by atoms with Crippen molar-refractivity contribution in [2.75, 3.05) is 34.0 Å². The van der Waals surface area contributed by atoms with Gasteiger partial charge in [0.05, 0.1) is 49.2 Å². The predicted octanol–water partition coefficient (Wildman–Crippen LogP) is 7.39. The number of hydrogen-bond acceptors (Lipinski definition) is 9. The van der Waals surface area contributed by atoms with Crippen LogP contribution in [0.25, 0.3) is 44.2 Å². The third-order valence-corrected chi connectivity index (χ3v) is 13.8. The number of hydrogen-bond donors (Lipinski definition) is 4. The van der Waals surface area contributed by atoms with Crippen molar-refractivity contribution in [1.82, 2.24) is 40.4 Å². The quantitative estimate of drug-likeness (QED) is 0.104. The number of imidazole rings is 2. The molecule has 15 heteroatoms. The number of piperidine rings is 1. The SMILES string of the molecule is CC#Cc1cc(-c2cnc([C@@H]3[C@H]4CC[C@H](C4)N3C(=O)C(NC(=O)OC)C3CCOCC3)[nH]2)ccc1-c1ccc2c(ccc3[nH]c([C@@H]4CCCN4C(=O)[C@@H](NC(=O)OC)C(C)C)nc32)c1. The Bertz CT molecular complexity index is 2650. The number of methoxy groups -OCH3 is 2. The van der Waals surface area contributed by atoms with Gasteiger partial charge in [-0.3, -0.25) is 9.59 Å². The number of carbonyl (C=O) groups excluding carboxylic acids is 4. The molecular formula is C49H56N8O7. The van der Waals surface area contributed by atoms with Crippen LogP contribution in [0.5, 0.6) is 0 Å². The highest BCUT2D eigenvalue weighted by Crippen LogP contribution is 2.50. The Morgan fingerprint density at radius 1 is 0.875 bits per heavy atom. The second kappa shape index (κ2) is 18.0. The molecule has 4 aliphatic rings. The van der Waals surface area contributed by atoms with Crippen molar-refractivity contribution in [3.8, 4) is 34.2 Å². The molecule has 15 nitrogen and oxygen atoms in total. The summed E-state index contributed by atoms with van der Waals surface area (Å²) < 4.78 is 15.3. The zero-order valence-electron chi connectivity index (χ0n) is 37.0. The van der Waals surface area contributed by atoms with E-state index in [-0.39, 0.29) is 47.7 Å². The van der Waals surface area contributed by atoms with Gasteiger partial charge in [-0.05, 0) is 104 Å². The van der Waals surface area contributed by atoms with Gasteiger partial charge in [0.1, 0.15) is 23.7 Å². The van der Waals surface area contributed by atoms with E-state index < -0.39 is 24.3 Å². The monoisotopic (exact) mass is 868 g/mol. The van der Waals surface area contributed by atoms with Crippen LogP contribution in [0.1, 0.15) is 95.0 Å². The average molecular weight is 869 g/mol. The van der Waals surface area contributed by atoms with Crippen molar-refractivity contribution in [3.63, 3.8) is 0 Å². The third kappa shape index (κ3) is 8.04. The van der Waals surface area contributed by atoms with Gasteiger partial charge in [0.25, 0.3) is 0 Å². The summed E-state index contributed by atoms with van der Waals surface area (Å²) in [6.45, 7) is 7.33. The fourth-order valence-electron chi connectivity index (χ4n) is 10.6. The smallest absolute Gasteiger partial charge is 0.407 e. The van der Waals surface area contributed by atoms with Crippen LogP contribution >= 0.6 is 0 Å². The zero-order valence-corrected chi connectivity index (χ0v) is 37.0. The minimum absolute atomic E-state index is 0.0415. The molecule has 3 aromatic carbocycles. The second-order valence-corrected chi connectivity index (χ2v) is 17.9. The van der Waals surface area contributed by atoms with Crippen molar-refractivity contribution in [1.29, 1.82) is 0 Å². The first-order valence-corrected chi connectivity index (χ1v) is 22.5. The number of nitrogens with one attached hydrogen (secondary N) is 4. The minimum Gasteiger partial charge on any atom is -0.453 e. The van der Waals surface area contributed by atoms with Gasteiger partial charge < -0.3 is 44.6 Å². The normalized spacial score (nSPS) is 21.8. The standard InChI is InChI=1S/C49H56N8O7/c1-6-8-29-24-32(38-26-50-45(52-38)43-33-10-14-34(25-33)57(43)47(59)41(55-49(61)63-5)28-18-21-64-22-19-28)12-15-35(29)30-11-16-36-31(23-30)13-17-37-42(36)53-44(51-37)39-9-7-20-56(39)46(58)40(27(2)3)54-48(60)62-4/h11-13,15-17,23-24,26-28,33-34,39-41,43H,7,9-10,14,18-22,25H2,1-5H3,(H,50,52)(H,51,53)(H,54,60)(H,55,61)/t33-,34+,39-,40-,41?,43-/m0/s1. The zero-order chi connectivity index (χ0) is 44.6. The topological polar surface area (TPSA) is 184 Å². The predicted molar refractivity (Wildman–Crippen MR) is 241 cm³/mol. The van der Waals surface area contributed by atoms with E-state index in [9.17, 15) is 19.2 Å². The van der Waals surface area contributed by atoms with E-state index in [2.05, 4.69) is 74.9 Å². The number of carbonyl (C=O) groups is 4. The van der Waals surface area contributed by atoms with E-state index in [0.717, 1.165) is 93.5 Å². The van der Waals surface area contributed by atoms with Gasteiger partial charge in [-0.1, -0.05) is 50.1 Å². The van der Waals surface area contributed by atoms with Crippen molar-refractivity contribution in [2.24, 2.45) is 17.8 Å². The van der Waals surface area contributed by atoms with E-state index >= 15 is 0 Å². The van der Waals surface area contributed by atoms with E-state index in [1.54, 1.807) is 0 Å². The molecule has 4 amide bonds. The van der Waals surface area contributed by atoms with Crippen LogP contribution in [-0.4, -0.2) is 106 Å². The van der Waals surface area contributed by atoms with Gasteiger partial charge >= 0.3 is 12.2 Å². The molecule has 3 saturated heterocycles. The molecule has 2 aromatic heterocycles. The van der Waals surface area contributed by atoms with Crippen molar-refractivity contribution in [3.05, 3.63) is 71.9 Å². The molecular weight excluding hydrogens is 813 g/mol. The first-order valence-electron chi connectivity index (χ1n) is 22.5. The minimum atomic E-state index is -0.708. The second-order valence-electron chi connectivity index (χ2n) is 17.9. The highest BCUT2D eigenvalue weighted by molar-refractivity contribution is 6.05. The first kappa shape index (κ1) is 42.9. The maximum absolute atomic E-state index is 14.5. The maximum Gasteiger partial charge on any atom is 0.407 e. The molecule has 1 unspecified atom stereocenters. The summed E-state index contributed by atoms with van der Waals surface area (Å²) in [7, 11) is 2.61. The Hall–Kier alpha value is -6.40. The van der Waals surface area contributed by atoms with Crippen LogP contribution in [-0.2, 0) is 23.8 Å². The summed E-state index contributed by atoms with van der Waals surface area (Å²) in [5.74, 6) is 7.80. The number of nitrogens with zero attached hydrogens (tertiary/aromatic N) is 4. The molecule has 1 saturated carbocycles. The van der Waals surface area contributed by atoms with Gasteiger partial charge in [0, 0.05) is 42.3 Å². The molecule has 3 aliphatic heterocycles. The summed E-state index contributed by atoms with van der Waals surface area (Å²) in [5, 5.41) is 7.61. The van der Waals surface area contributed by atoms with Crippen LogP contribution < -0.4 is 10.6 Å². The summed E-state index contributed by atoms with van der Waals surface area (Å²) >= 11 is 0. The van der Waals surface area contributed by atoms with E-state index in [0.29, 0.717) is 32.6 Å². The van der Waals surface area contributed by atoms with Gasteiger partial charge in [-0.25, -0.2) is 19.6 Å². The number of rotatable bonds is 10. The number of ether oxygens (including phenoxy) is 3. The number of amides is 4. The molecule has 4 fully saturated rings. The maximum atomic E-state index is 14.5. The van der Waals surface area contributed by atoms with Crippen molar-refractivity contribution >= 4 is 45.8 Å². The Balaban J connectivity index is 0.969. The molecule has 5 aromatic rings. The number of alkyl carbamates (subject to hydrolysis) is 2. The van der Waals surface area contributed by atoms with E-state index in [1.165, 1.54) is 14.2 Å². The number of aromatic amines is 2. The van der Waals surface area contributed by atoms with Crippen LogP contribution in [0.15, 0.2) is 54.7 Å². The molecule has 2 bridgehead atoms. The van der Waals surface area contributed by atoms with Gasteiger partial charge in [-0.2, -0.15) is 0 Å². The Morgan fingerprint density at radius 2 is 1.66 bits per heavy atom. The summed E-state index contributed by atoms with van der Waals surface area (Å²) in [5.41, 5.74) is 6.36. The average Bonchev–Trinajstić information content (AvgIpc) is 4.18. The Kier molecular flexibility index (Phi) is 12.1. The number of likely N-dealkylation sites (tertiary alicyclic amines) is 2. The third-order valence-electron chi connectivity index (χ3n) is 13.8. The van der Waals surface area contributed by atoms with E-state index in [1.807, 2.05) is 42.8 Å². The first-order chi connectivity index (χ1) is 31.1.